The highest BCUT2D eigenvalue weighted by Gasteiger charge is 2.29. The molecule has 0 bridgehead atoms. The molecular formula is C17H21N3O4. The molecule has 1 aromatic heterocycles. The third kappa shape index (κ3) is 3.56. The zero-order chi connectivity index (χ0) is 17.9. The van der Waals surface area contributed by atoms with E-state index in [0.29, 0.717) is 5.56 Å². The van der Waals surface area contributed by atoms with E-state index in [2.05, 4.69) is 10.5 Å². The fourth-order valence-electron chi connectivity index (χ4n) is 2.31. The summed E-state index contributed by atoms with van der Waals surface area (Å²) in [6, 6.07) is 8.26. The van der Waals surface area contributed by atoms with E-state index in [1.165, 1.54) is 4.90 Å². The van der Waals surface area contributed by atoms with Crippen molar-refractivity contribution in [1.29, 1.82) is 0 Å². The first kappa shape index (κ1) is 17.5. The summed E-state index contributed by atoms with van der Waals surface area (Å²) < 4.78 is 5.25. The van der Waals surface area contributed by atoms with Crippen molar-refractivity contribution in [2.75, 3.05) is 19.4 Å². The van der Waals surface area contributed by atoms with Crippen molar-refractivity contribution in [3.05, 3.63) is 35.9 Å². The first-order valence-corrected chi connectivity index (χ1v) is 7.59. The maximum atomic E-state index is 12.3. The Bertz CT molecular complexity index is 723. The number of nitrogens with one attached hydrogen (secondary N) is 1. The van der Waals surface area contributed by atoms with Gasteiger partial charge in [0.2, 0.25) is 5.91 Å². The number of hydrogen-bond donors (Lipinski definition) is 2. The quantitative estimate of drug-likeness (QED) is 0.844. The Labute approximate surface area is 140 Å². The van der Waals surface area contributed by atoms with Crippen molar-refractivity contribution < 1.29 is 19.2 Å². The first-order chi connectivity index (χ1) is 11.3. The normalized spacial score (nSPS) is 12.0. The summed E-state index contributed by atoms with van der Waals surface area (Å²) in [5.41, 5.74) is 0.522. The van der Waals surface area contributed by atoms with Gasteiger partial charge in [0.05, 0.1) is 0 Å². The van der Waals surface area contributed by atoms with Crippen LogP contribution < -0.4 is 5.32 Å². The average Bonchev–Trinajstić information content (AvgIpc) is 2.96. The highest BCUT2D eigenvalue weighted by molar-refractivity contribution is 6.00. The minimum Gasteiger partial charge on any atom is -0.477 e. The fraction of sp³-hybridized carbons (Fsp3) is 0.353. The topological polar surface area (TPSA) is 95.7 Å². The van der Waals surface area contributed by atoms with Gasteiger partial charge in [-0.2, -0.15) is 0 Å². The van der Waals surface area contributed by atoms with Crippen molar-refractivity contribution >= 4 is 17.7 Å². The van der Waals surface area contributed by atoms with Crippen LogP contribution in [0.5, 0.6) is 0 Å². The van der Waals surface area contributed by atoms with Gasteiger partial charge >= 0.3 is 5.97 Å². The van der Waals surface area contributed by atoms with Crippen molar-refractivity contribution in [2.45, 2.75) is 19.9 Å². The molecule has 1 amide bonds. The Morgan fingerprint density at radius 2 is 1.83 bits per heavy atom. The molecule has 1 atom stereocenters. The lowest BCUT2D eigenvalue weighted by atomic mass is 10.0. The van der Waals surface area contributed by atoms with Crippen LogP contribution in [0.2, 0.25) is 0 Å². The van der Waals surface area contributed by atoms with Crippen molar-refractivity contribution in [2.24, 2.45) is 5.92 Å². The van der Waals surface area contributed by atoms with E-state index in [0.717, 1.165) is 0 Å². The summed E-state index contributed by atoms with van der Waals surface area (Å²) in [7, 11) is 3.30. The van der Waals surface area contributed by atoms with Crippen LogP contribution in [0.4, 0.5) is 5.82 Å². The second-order valence-corrected chi connectivity index (χ2v) is 6.01. The number of carbonyl (C=O) groups is 2. The molecule has 7 nitrogen and oxygen atoms in total. The Morgan fingerprint density at radius 3 is 2.33 bits per heavy atom. The number of anilines is 1. The standard InChI is InChI=1S/C17H21N3O4/c1-10(2)13(16(21)20(3)4)18-15-12(17(22)23)14(24-19-15)11-8-6-5-7-9-11/h5-10,13H,1-4H3,(H,18,19)(H,22,23). The molecule has 7 heteroatoms. The smallest absolute Gasteiger partial charge is 0.343 e. The Morgan fingerprint density at radius 1 is 1.21 bits per heavy atom. The second-order valence-electron chi connectivity index (χ2n) is 6.01. The molecular weight excluding hydrogens is 310 g/mol. The summed E-state index contributed by atoms with van der Waals surface area (Å²) in [5.74, 6) is -1.18. The van der Waals surface area contributed by atoms with Gasteiger partial charge in [0.15, 0.2) is 17.1 Å². The van der Waals surface area contributed by atoms with Crippen LogP contribution in [0, 0.1) is 5.92 Å². The van der Waals surface area contributed by atoms with E-state index < -0.39 is 12.0 Å². The van der Waals surface area contributed by atoms with Crippen LogP contribution in [0.25, 0.3) is 11.3 Å². The number of carboxylic acid groups (broad SMARTS) is 1. The molecule has 0 aliphatic carbocycles. The number of benzene rings is 1. The SMILES string of the molecule is CC(C)C(Nc1noc(-c2ccccc2)c1C(=O)O)C(=O)N(C)C. The maximum Gasteiger partial charge on any atom is 0.343 e. The third-order valence-electron chi connectivity index (χ3n) is 3.61. The predicted molar refractivity (Wildman–Crippen MR) is 89.8 cm³/mol. The van der Waals surface area contributed by atoms with Gasteiger partial charge < -0.3 is 19.8 Å². The average molecular weight is 331 g/mol. The molecule has 1 aromatic carbocycles. The molecule has 24 heavy (non-hydrogen) atoms. The lowest BCUT2D eigenvalue weighted by Crippen LogP contribution is -2.42. The van der Waals surface area contributed by atoms with Gasteiger partial charge in [-0.1, -0.05) is 49.3 Å². The van der Waals surface area contributed by atoms with Crippen molar-refractivity contribution in [1.82, 2.24) is 10.1 Å². The molecule has 128 valence electrons. The third-order valence-corrected chi connectivity index (χ3v) is 3.61. The van der Waals surface area contributed by atoms with E-state index in [1.807, 2.05) is 19.9 Å². The van der Waals surface area contributed by atoms with Gasteiger partial charge in [0.1, 0.15) is 6.04 Å². The molecule has 2 N–H and O–H groups in total. The number of aromatic nitrogens is 1. The Kier molecular flexibility index (Phi) is 5.23. The lowest BCUT2D eigenvalue weighted by molar-refractivity contribution is -0.130. The molecule has 0 saturated heterocycles. The summed E-state index contributed by atoms with van der Waals surface area (Å²) in [6.45, 7) is 3.75. The van der Waals surface area contributed by atoms with Crippen molar-refractivity contribution in [3.63, 3.8) is 0 Å². The molecule has 0 aliphatic rings. The predicted octanol–water partition coefficient (Wildman–Crippen LogP) is 2.56. The number of amides is 1. The van der Waals surface area contributed by atoms with Gasteiger partial charge in [-0.25, -0.2) is 4.79 Å². The lowest BCUT2D eigenvalue weighted by Gasteiger charge is -2.24. The number of hydrogen-bond acceptors (Lipinski definition) is 5. The van der Waals surface area contributed by atoms with E-state index in [-0.39, 0.29) is 29.0 Å². The fourth-order valence-corrected chi connectivity index (χ4v) is 2.31. The Balaban J connectivity index is 2.42. The van der Waals surface area contributed by atoms with Crippen LogP contribution in [0.1, 0.15) is 24.2 Å². The molecule has 0 aliphatic heterocycles. The highest BCUT2D eigenvalue weighted by Crippen LogP contribution is 2.30. The van der Waals surface area contributed by atoms with E-state index in [1.54, 1.807) is 38.4 Å². The molecule has 1 heterocycles. The second kappa shape index (κ2) is 7.16. The number of aromatic carboxylic acids is 1. The minimum absolute atomic E-state index is 0.0512. The summed E-state index contributed by atoms with van der Waals surface area (Å²) in [4.78, 5) is 25.5. The highest BCUT2D eigenvalue weighted by atomic mass is 16.5. The van der Waals surface area contributed by atoms with Gasteiger partial charge in [0, 0.05) is 19.7 Å². The van der Waals surface area contributed by atoms with E-state index in [4.69, 9.17) is 4.52 Å². The van der Waals surface area contributed by atoms with Crippen LogP contribution in [0.15, 0.2) is 34.9 Å². The van der Waals surface area contributed by atoms with E-state index in [9.17, 15) is 14.7 Å². The summed E-state index contributed by atoms with van der Waals surface area (Å²) in [6.07, 6.45) is 0. The molecule has 0 fully saturated rings. The summed E-state index contributed by atoms with van der Waals surface area (Å²) in [5, 5.41) is 16.3. The van der Waals surface area contributed by atoms with E-state index >= 15 is 0 Å². The van der Waals surface area contributed by atoms with Crippen LogP contribution in [-0.2, 0) is 4.79 Å². The minimum atomic E-state index is -1.17. The monoisotopic (exact) mass is 331 g/mol. The number of nitrogens with zero attached hydrogens (tertiary/aromatic N) is 2. The molecule has 0 radical (unpaired) electrons. The molecule has 2 aromatic rings. The largest absolute Gasteiger partial charge is 0.477 e. The van der Waals surface area contributed by atoms with Gasteiger partial charge in [0.25, 0.3) is 0 Å². The van der Waals surface area contributed by atoms with Gasteiger partial charge in [-0.15, -0.1) is 0 Å². The summed E-state index contributed by atoms with van der Waals surface area (Å²) >= 11 is 0. The molecule has 1 unspecified atom stereocenters. The molecule has 0 spiro atoms. The molecule has 0 saturated carbocycles. The number of likely N-dealkylation sites (N-methyl/N-ethyl adjacent to an activating group) is 1. The van der Waals surface area contributed by atoms with Gasteiger partial charge in [-0.05, 0) is 5.92 Å². The van der Waals surface area contributed by atoms with Gasteiger partial charge in [-0.3, -0.25) is 4.79 Å². The number of rotatable bonds is 6. The van der Waals surface area contributed by atoms with Crippen LogP contribution in [-0.4, -0.2) is 47.2 Å². The zero-order valence-electron chi connectivity index (χ0n) is 14.1. The first-order valence-electron chi connectivity index (χ1n) is 7.59. The van der Waals surface area contributed by atoms with Crippen LogP contribution in [0.3, 0.4) is 0 Å². The zero-order valence-corrected chi connectivity index (χ0v) is 14.1. The van der Waals surface area contributed by atoms with Crippen LogP contribution >= 0.6 is 0 Å². The number of carbonyl (C=O) groups excluding carboxylic acids is 1. The number of carboxylic acids is 1. The molecule has 2 rings (SSSR count). The maximum absolute atomic E-state index is 12.3. The Hall–Kier alpha value is -2.83. The van der Waals surface area contributed by atoms with Crippen molar-refractivity contribution in [3.8, 4) is 11.3 Å².